The van der Waals surface area contributed by atoms with E-state index in [1.54, 1.807) is 4.90 Å². The second-order valence-electron chi connectivity index (χ2n) is 7.05. The molecular formula is C17H25NO3. The van der Waals surface area contributed by atoms with Crippen molar-refractivity contribution < 1.29 is 14.6 Å². The number of amides is 1. The normalized spacial score (nSPS) is 26.5. The molecule has 0 spiro atoms. The maximum absolute atomic E-state index is 12.4. The highest BCUT2D eigenvalue weighted by Crippen LogP contribution is 2.37. The van der Waals surface area contributed by atoms with Gasteiger partial charge < -0.3 is 14.7 Å². The second-order valence-corrected chi connectivity index (χ2v) is 7.05. The Morgan fingerprint density at radius 3 is 2.52 bits per heavy atom. The van der Waals surface area contributed by atoms with Gasteiger partial charge in [0.15, 0.2) is 0 Å². The molecule has 21 heavy (non-hydrogen) atoms. The summed E-state index contributed by atoms with van der Waals surface area (Å²) >= 11 is 0. The molecule has 2 atom stereocenters. The van der Waals surface area contributed by atoms with Crippen LogP contribution in [0.25, 0.3) is 0 Å². The molecule has 0 saturated carbocycles. The molecule has 116 valence electrons. The number of rotatable bonds is 1. The zero-order chi connectivity index (χ0) is 15.7. The zero-order valence-electron chi connectivity index (χ0n) is 13.3. The summed E-state index contributed by atoms with van der Waals surface area (Å²) in [5, 5.41) is 10.4. The van der Waals surface area contributed by atoms with Crippen LogP contribution in [-0.4, -0.2) is 33.8 Å². The van der Waals surface area contributed by atoms with E-state index in [0.717, 1.165) is 5.56 Å². The molecule has 1 aliphatic rings. The SMILES string of the molecule is CC1(O)CCN(C(=O)OC(C)(C)C)[C@@H](c2ccccc2)C1. The lowest BCUT2D eigenvalue weighted by molar-refractivity contribution is -0.0452. The van der Waals surface area contributed by atoms with Crippen LogP contribution in [0.15, 0.2) is 30.3 Å². The van der Waals surface area contributed by atoms with Gasteiger partial charge in [-0.1, -0.05) is 30.3 Å². The number of carbonyl (C=O) groups excluding carboxylic acids is 1. The van der Waals surface area contributed by atoms with Crippen molar-refractivity contribution in [3.8, 4) is 0 Å². The fourth-order valence-corrected chi connectivity index (χ4v) is 2.66. The van der Waals surface area contributed by atoms with Crippen molar-refractivity contribution in [3.63, 3.8) is 0 Å². The van der Waals surface area contributed by atoms with Gasteiger partial charge in [0.05, 0.1) is 11.6 Å². The molecule has 1 heterocycles. The molecular weight excluding hydrogens is 266 g/mol. The number of likely N-dealkylation sites (tertiary alicyclic amines) is 1. The Hall–Kier alpha value is -1.55. The average Bonchev–Trinajstić information content (AvgIpc) is 2.36. The van der Waals surface area contributed by atoms with E-state index in [2.05, 4.69) is 0 Å². The standard InChI is InChI=1S/C17H25NO3/c1-16(2,3)21-15(19)18-11-10-17(4,20)12-14(18)13-8-6-5-7-9-13/h5-9,14,20H,10-12H2,1-4H3/t14-,17?/m1/s1. The van der Waals surface area contributed by atoms with Crippen molar-refractivity contribution in [1.29, 1.82) is 0 Å². The molecule has 0 aliphatic carbocycles. The Labute approximate surface area is 126 Å². The van der Waals surface area contributed by atoms with Crippen LogP contribution in [0.1, 0.15) is 52.1 Å². The zero-order valence-corrected chi connectivity index (χ0v) is 13.3. The number of aliphatic hydroxyl groups is 1. The number of hydrogen-bond donors (Lipinski definition) is 1. The van der Waals surface area contributed by atoms with Crippen molar-refractivity contribution in [1.82, 2.24) is 4.90 Å². The summed E-state index contributed by atoms with van der Waals surface area (Å²) in [4.78, 5) is 14.2. The molecule has 1 aliphatic heterocycles. The van der Waals surface area contributed by atoms with Crippen LogP contribution >= 0.6 is 0 Å². The van der Waals surface area contributed by atoms with E-state index in [1.165, 1.54) is 0 Å². The third-order valence-electron chi connectivity index (χ3n) is 3.71. The molecule has 1 aromatic carbocycles. The molecule has 0 aromatic heterocycles. The van der Waals surface area contributed by atoms with E-state index in [-0.39, 0.29) is 12.1 Å². The molecule has 1 aromatic rings. The monoisotopic (exact) mass is 291 g/mol. The first-order valence-electron chi connectivity index (χ1n) is 7.45. The lowest BCUT2D eigenvalue weighted by Crippen LogP contribution is -2.48. The lowest BCUT2D eigenvalue weighted by Gasteiger charge is -2.42. The van der Waals surface area contributed by atoms with Crippen LogP contribution in [0.3, 0.4) is 0 Å². The van der Waals surface area contributed by atoms with Gasteiger partial charge in [-0.05, 0) is 39.7 Å². The highest BCUT2D eigenvalue weighted by Gasteiger charge is 2.39. The Balaban J connectivity index is 2.24. The minimum atomic E-state index is -0.751. The highest BCUT2D eigenvalue weighted by molar-refractivity contribution is 5.69. The summed E-state index contributed by atoms with van der Waals surface area (Å²) in [5.41, 5.74) is -0.236. The van der Waals surface area contributed by atoms with Crippen molar-refractivity contribution >= 4 is 6.09 Å². The van der Waals surface area contributed by atoms with Gasteiger partial charge in [0.2, 0.25) is 0 Å². The van der Waals surface area contributed by atoms with E-state index in [0.29, 0.717) is 19.4 Å². The van der Waals surface area contributed by atoms with Crippen LogP contribution < -0.4 is 0 Å². The number of hydrogen-bond acceptors (Lipinski definition) is 3. The van der Waals surface area contributed by atoms with Crippen LogP contribution in [0.2, 0.25) is 0 Å². The molecule has 2 rings (SSSR count). The Morgan fingerprint density at radius 1 is 1.33 bits per heavy atom. The van der Waals surface area contributed by atoms with Gasteiger partial charge in [-0.15, -0.1) is 0 Å². The van der Waals surface area contributed by atoms with E-state index in [1.807, 2.05) is 58.0 Å². The maximum Gasteiger partial charge on any atom is 0.410 e. The fourth-order valence-electron chi connectivity index (χ4n) is 2.66. The van der Waals surface area contributed by atoms with Crippen molar-refractivity contribution in [3.05, 3.63) is 35.9 Å². The largest absolute Gasteiger partial charge is 0.444 e. The molecule has 1 saturated heterocycles. The quantitative estimate of drug-likeness (QED) is 0.861. The van der Waals surface area contributed by atoms with Gasteiger partial charge >= 0.3 is 6.09 Å². The molecule has 1 unspecified atom stereocenters. The van der Waals surface area contributed by atoms with E-state index in [9.17, 15) is 9.90 Å². The van der Waals surface area contributed by atoms with E-state index < -0.39 is 11.2 Å². The molecule has 4 heteroatoms. The van der Waals surface area contributed by atoms with E-state index >= 15 is 0 Å². The predicted molar refractivity (Wildman–Crippen MR) is 82.0 cm³/mol. The maximum atomic E-state index is 12.4. The van der Waals surface area contributed by atoms with Crippen molar-refractivity contribution in [2.75, 3.05) is 6.54 Å². The summed E-state index contributed by atoms with van der Waals surface area (Å²) < 4.78 is 5.50. The number of piperidine rings is 1. The van der Waals surface area contributed by atoms with Gasteiger partial charge in [-0.2, -0.15) is 0 Å². The van der Waals surface area contributed by atoms with Crippen molar-refractivity contribution in [2.24, 2.45) is 0 Å². The predicted octanol–water partition coefficient (Wildman–Crippen LogP) is 3.51. The Bertz CT molecular complexity index is 491. The van der Waals surface area contributed by atoms with Crippen molar-refractivity contribution in [2.45, 2.75) is 57.8 Å². The third kappa shape index (κ3) is 4.21. The average molecular weight is 291 g/mol. The smallest absolute Gasteiger partial charge is 0.410 e. The Morgan fingerprint density at radius 2 is 1.95 bits per heavy atom. The molecule has 0 radical (unpaired) electrons. The number of nitrogens with zero attached hydrogens (tertiary/aromatic N) is 1. The number of ether oxygens (including phenoxy) is 1. The lowest BCUT2D eigenvalue weighted by atomic mass is 9.85. The summed E-state index contributed by atoms with van der Waals surface area (Å²) in [6.45, 7) is 7.92. The first-order valence-corrected chi connectivity index (χ1v) is 7.45. The molecule has 1 fully saturated rings. The van der Waals surface area contributed by atoms with Crippen LogP contribution in [0.5, 0.6) is 0 Å². The summed E-state index contributed by atoms with van der Waals surface area (Å²) in [5.74, 6) is 0. The van der Waals surface area contributed by atoms with Crippen LogP contribution in [-0.2, 0) is 4.74 Å². The van der Waals surface area contributed by atoms with Gasteiger partial charge in [-0.3, -0.25) is 0 Å². The van der Waals surface area contributed by atoms with E-state index in [4.69, 9.17) is 4.74 Å². The third-order valence-corrected chi connectivity index (χ3v) is 3.71. The highest BCUT2D eigenvalue weighted by atomic mass is 16.6. The first kappa shape index (κ1) is 15.8. The van der Waals surface area contributed by atoms with Crippen LogP contribution in [0.4, 0.5) is 4.79 Å². The minimum Gasteiger partial charge on any atom is -0.444 e. The summed E-state index contributed by atoms with van der Waals surface area (Å²) in [6.07, 6.45) is 0.776. The second kappa shape index (κ2) is 5.68. The van der Waals surface area contributed by atoms with Gasteiger partial charge in [-0.25, -0.2) is 4.79 Å². The molecule has 1 N–H and O–H groups in total. The first-order chi connectivity index (χ1) is 9.68. The van der Waals surface area contributed by atoms with Crippen LogP contribution in [0, 0.1) is 0 Å². The van der Waals surface area contributed by atoms with Gasteiger partial charge in [0, 0.05) is 13.0 Å². The topological polar surface area (TPSA) is 49.8 Å². The van der Waals surface area contributed by atoms with Gasteiger partial charge in [0.25, 0.3) is 0 Å². The summed E-state index contributed by atoms with van der Waals surface area (Å²) in [6, 6.07) is 9.68. The molecule has 1 amide bonds. The van der Waals surface area contributed by atoms with Gasteiger partial charge in [0.1, 0.15) is 5.60 Å². The summed E-state index contributed by atoms with van der Waals surface area (Å²) in [7, 11) is 0. The number of benzene rings is 1. The molecule has 0 bridgehead atoms. The fraction of sp³-hybridized carbons (Fsp3) is 0.588. The molecule has 4 nitrogen and oxygen atoms in total. The Kier molecular flexibility index (Phi) is 4.28. The number of carbonyl (C=O) groups is 1. The minimum absolute atomic E-state index is 0.148.